The summed E-state index contributed by atoms with van der Waals surface area (Å²) in [5.74, 6) is 1.37. The van der Waals surface area contributed by atoms with Crippen molar-refractivity contribution in [2.45, 2.75) is 33.1 Å². The minimum Gasteiger partial charge on any atom is -0.491 e. The highest BCUT2D eigenvalue weighted by molar-refractivity contribution is 5.75. The lowest BCUT2D eigenvalue weighted by molar-refractivity contribution is -0.121. The average molecular weight is 397 g/mol. The van der Waals surface area contributed by atoms with Gasteiger partial charge in [-0.1, -0.05) is 23.4 Å². The number of para-hydroxylation sites is 1. The number of rotatable bonds is 9. The van der Waals surface area contributed by atoms with Gasteiger partial charge in [0.1, 0.15) is 18.2 Å². The van der Waals surface area contributed by atoms with E-state index in [-0.39, 0.29) is 11.7 Å². The Morgan fingerprint density at radius 3 is 2.59 bits per heavy atom. The molecule has 0 aliphatic rings. The summed E-state index contributed by atoms with van der Waals surface area (Å²) in [6.07, 6.45) is 1.45. The van der Waals surface area contributed by atoms with Crippen LogP contribution in [-0.4, -0.2) is 29.2 Å². The summed E-state index contributed by atoms with van der Waals surface area (Å²) in [6, 6.07) is 11.9. The number of hydrogen-bond acceptors (Lipinski definition) is 5. The second-order valence-electron chi connectivity index (χ2n) is 6.79. The molecule has 0 saturated carbocycles. The molecule has 0 aliphatic heterocycles. The van der Waals surface area contributed by atoms with E-state index in [1.54, 1.807) is 12.1 Å². The Labute approximate surface area is 169 Å². The lowest BCUT2D eigenvalue weighted by atomic mass is 10.1. The third kappa shape index (κ3) is 5.88. The van der Waals surface area contributed by atoms with Gasteiger partial charge < -0.3 is 14.6 Å². The minimum atomic E-state index is -0.317. The fourth-order valence-corrected chi connectivity index (χ4v) is 2.93. The molecule has 1 amide bonds. The Balaban J connectivity index is 1.35. The van der Waals surface area contributed by atoms with Crippen LogP contribution >= 0.6 is 0 Å². The maximum absolute atomic E-state index is 13.0. The highest BCUT2D eigenvalue weighted by Crippen LogP contribution is 2.22. The van der Waals surface area contributed by atoms with E-state index >= 15 is 0 Å². The Kier molecular flexibility index (Phi) is 6.94. The van der Waals surface area contributed by atoms with Crippen LogP contribution in [0.25, 0.3) is 11.4 Å². The van der Waals surface area contributed by atoms with Gasteiger partial charge in [0.05, 0.1) is 6.54 Å². The lowest BCUT2D eigenvalue weighted by Crippen LogP contribution is -2.28. The van der Waals surface area contributed by atoms with Crippen molar-refractivity contribution < 1.29 is 18.4 Å². The molecule has 0 atom stereocenters. The van der Waals surface area contributed by atoms with Crippen LogP contribution in [-0.2, 0) is 11.2 Å². The van der Waals surface area contributed by atoms with Crippen LogP contribution in [0.1, 0.15) is 29.9 Å². The van der Waals surface area contributed by atoms with E-state index in [0.29, 0.717) is 49.7 Å². The monoisotopic (exact) mass is 397 g/mol. The number of carbonyl (C=O) groups excluding carboxylic acids is 1. The molecule has 0 radical (unpaired) electrons. The molecule has 6 nitrogen and oxygen atoms in total. The Morgan fingerprint density at radius 2 is 1.86 bits per heavy atom. The van der Waals surface area contributed by atoms with Crippen molar-refractivity contribution in [1.82, 2.24) is 15.5 Å². The molecule has 0 fully saturated rings. The van der Waals surface area contributed by atoms with Crippen molar-refractivity contribution in [3.05, 3.63) is 65.3 Å². The Bertz CT molecular complexity index is 934. The molecular weight excluding hydrogens is 373 g/mol. The van der Waals surface area contributed by atoms with E-state index in [0.717, 1.165) is 16.9 Å². The van der Waals surface area contributed by atoms with Crippen molar-refractivity contribution >= 4 is 5.91 Å². The molecule has 7 heteroatoms. The first kappa shape index (κ1) is 20.5. The average Bonchev–Trinajstić information content (AvgIpc) is 3.16. The fraction of sp³-hybridized carbons (Fsp3) is 0.318. The van der Waals surface area contributed by atoms with Gasteiger partial charge in [-0.3, -0.25) is 4.79 Å². The number of amides is 1. The van der Waals surface area contributed by atoms with Gasteiger partial charge in [0.25, 0.3) is 0 Å². The van der Waals surface area contributed by atoms with Crippen LogP contribution < -0.4 is 10.1 Å². The summed E-state index contributed by atoms with van der Waals surface area (Å²) in [4.78, 5) is 16.2. The van der Waals surface area contributed by atoms with Crippen LogP contribution in [0.3, 0.4) is 0 Å². The molecule has 3 aromatic rings. The number of hydrogen-bond donors (Lipinski definition) is 1. The normalized spacial score (nSPS) is 10.7. The van der Waals surface area contributed by atoms with Gasteiger partial charge in [0, 0.05) is 18.4 Å². The number of aryl methyl sites for hydroxylation is 3. The van der Waals surface area contributed by atoms with E-state index in [9.17, 15) is 9.18 Å². The molecular formula is C22H24FN3O3. The molecule has 0 unspecified atom stereocenters. The molecule has 1 heterocycles. The van der Waals surface area contributed by atoms with Crippen LogP contribution in [0.4, 0.5) is 4.39 Å². The highest BCUT2D eigenvalue weighted by atomic mass is 19.1. The molecule has 1 aromatic heterocycles. The van der Waals surface area contributed by atoms with E-state index in [4.69, 9.17) is 9.26 Å². The number of nitrogens with one attached hydrogen (secondary N) is 1. The second kappa shape index (κ2) is 9.82. The Hall–Kier alpha value is -3.22. The smallest absolute Gasteiger partial charge is 0.226 e. The topological polar surface area (TPSA) is 77.2 Å². The van der Waals surface area contributed by atoms with E-state index in [1.165, 1.54) is 12.1 Å². The summed E-state index contributed by atoms with van der Waals surface area (Å²) in [6.45, 7) is 4.86. The first-order chi connectivity index (χ1) is 14.0. The van der Waals surface area contributed by atoms with Crippen molar-refractivity contribution in [3.63, 3.8) is 0 Å². The van der Waals surface area contributed by atoms with Crippen LogP contribution in [0.5, 0.6) is 5.75 Å². The summed E-state index contributed by atoms with van der Waals surface area (Å²) in [5.41, 5.74) is 2.84. The van der Waals surface area contributed by atoms with Crippen molar-refractivity contribution in [1.29, 1.82) is 0 Å². The zero-order chi connectivity index (χ0) is 20.6. The predicted molar refractivity (Wildman–Crippen MR) is 107 cm³/mol. The largest absolute Gasteiger partial charge is 0.491 e. The van der Waals surface area contributed by atoms with Gasteiger partial charge in [-0.15, -0.1) is 0 Å². The molecule has 3 rings (SSSR count). The second-order valence-corrected chi connectivity index (χ2v) is 6.79. The highest BCUT2D eigenvalue weighted by Gasteiger charge is 2.10. The van der Waals surface area contributed by atoms with E-state index < -0.39 is 0 Å². The molecule has 2 aromatic carbocycles. The number of aromatic nitrogens is 2. The number of ether oxygens (including phenoxy) is 1. The number of carbonyl (C=O) groups is 1. The van der Waals surface area contributed by atoms with E-state index in [2.05, 4.69) is 15.5 Å². The SMILES string of the molecule is Cc1cccc(C)c1OCCNC(=O)CCCc1nc(-c2ccc(F)cc2)no1. The standard InChI is InChI=1S/C22H24FN3O3/c1-15-5-3-6-16(2)21(15)28-14-13-24-19(27)7-4-8-20-25-22(26-29-20)17-9-11-18(23)12-10-17/h3,5-6,9-12H,4,7-8,13-14H2,1-2H3,(H,24,27). The lowest BCUT2D eigenvalue weighted by Gasteiger charge is -2.12. The molecule has 1 N–H and O–H groups in total. The summed E-state index contributed by atoms with van der Waals surface area (Å²) < 4.78 is 23.9. The fourth-order valence-electron chi connectivity index (χ4n) is 2.93. The predicted octanol–water partition coefficient (Wildman–Crippen LogP) is 4.01. The van der Waals surface area contributed by atoms with Crippen molar-refractivity contribution in [2.75, 3.05) is 13.2 Å². The van der Waals surface area contributed by atoms with E-state index in [1.807, 2.05) is 32.0 Å². The van der Waals surface area contributed by atoms with Gasteiger partial charge in [0.2, 0.25) is 17.6 Å². The molecule has 0 bridgehead atoms. The first-order valence-corrected chi connectivity index (χ1v) is 9.57. The van der Waals surface area contributed by atoms with Gasteiger partial charge in [0.15, 0.2) is 0 Å². The number of benzene rings is 2. The third-order valence-electron chi connectivity index (χ3n) is 4.44. The van der Waals surface area contributed by atoms with Gasteiger partial charge in [-0.25, -0.2) is 4.39 Å². The van der Waals surface area contributed by atoms with Gasteiger partial charge in [-0.2, -0.15) is 4.98 Å². The molecule has 0 saturated heterocycles. The third-order valence-corrected chi connectivity index (χ3v) is 4.44. The molecule has 0 spiro atoms. The molecule has 152 valence electrons. The summed E-state index contributed by atoms with van der Waals surface area (Å²) in [7, 11) is 0. The van der Waals surface area contributed by atoms with Crippen molar-refractivity contribution in [3.8, 4) is 17.1 Å². The summed E-state index contributed by atoms with van der Waals surface area (Å²) in [5, 5.41) is 6.74. The quantitative estimate of drug-likeness (QED) is 0.552. The van der Waals surface area contributed by atoms with Crippen molar-refractivity contribution in [2.24, 2.45) is 0 Å². The molecule has 0 aliphatic carbocycles. The number of halogens is 1. The van der Waals surface area contributed by atoms with Gasteiger partial charge >= 0.3 is 0 Å². The molecule has 29 heavy (non-hydrogen) atoms. The van der Waals surface area contributed by atoms with Gasteiger partial charge in [-0.05, 0) is 55.7 Å². The summed E-state index contributed by atoms with van der Waals surface area (Å²) >= 11 is 0. The van der Waals surface area contributed by atoms with Crippen LogP contribution in [0, 0.1) is 19.7 Å². The zero-order valence-corrected chi connectivity index (χ0v) is 16.6. The Morgan fingerprint density at radius 1 is 1.14 bits per heavy atom. The maximum Gasteiger partial charge on any atom is 0.226 e. The number of nitrogens with zero attached hydrogens (tertiary/aromatic N) is 2. The van der Waals surface area contributed by atoms with Crippen LogP contribution in [0.2, 0.25) is 0 Å². The first-order valence-electron chi connectivity index (χ1n) is 9.57. The zero-order valence-electron chi connectivity index (χ0n) is 16.6. The van der Waals surface area contributed by atoms with Crippen LogP contribution in [0.15, 0.2) is 47.0 Å². The minimum absolute atomic E-state index is 0.0478. The maximum atomic E-state index is 13.0.